The van der Waals surface area contributed by atoms with Gasteiger partial charge in [0.1, 0.15) is 0 Å². The van der Waals surface area contributed by atoms with Gasteiger partial charge in [-0.1, -0.05) is 0 Å². The average molecular weight is 341 g/mol. The molecule has 23 heavy (non-hydrogen) atoms. The maximum Gasteiger partial charge on any atom is 0.321 e. The molecule has 126 valence electrons. The molecule has 3 amide bonds. The predicted octanol–water partition coefficient (Wildman–Crippen LogP) is 0.955. The van der Waals surface area contributed by atoms with E-state index < -0.39 is 0 Å². The second-order valence-electron chi connectivity index (χ2n) is 5.38. The van der Waals surface area contributed by atoms with Gasteiger partial charge in [0.05, 0.1) is 19.1 Å². The molecule has 2 aliphatic rings. The second kappa shape index (κ2) is 8.14. The summed E-state index contributed by atoms with van der Waals surface area (Å²) in [6.07, 6.45) is 0.268. The molecule has 0 bridgehead atoms. The summed E-state index contributed by atoms with van der Waals surface area (Å²) in [6.45, 7) is 3.51. The number of rotatable bonds is 4. The van der Waals surface area contributed by atoms with Crippen molar-refractivity contribution in [2.24, 2.45) is 0 Å². The van der Waals surface area contributed by atoms with Gasteiger partial charge in [0.15, 0.2) is 0 Å². The molecule has 1 unspecified atom stereocenters. The fourth-order valence-corrected chi connectivity index (χ4v) is 2.61. The lowest BCUT2D eigenvalue weighted by molar-refractivity contribution is -0.119. The van der Waals surface area contributed by atoms with Gasteiger partial charge in [-0.2, -0.15) is 0 Å². The standard InChI is InChI=1S/C15H20N4O3.ClH/c20-14(9-13-10-16-6-8-22-13)18-11-1-3-12(4-2-11)19-7-5-17-15(19)21;/h1-4,13,16H,5-10H2,(H,17,21)(H,18,20);1H. The lowest BCUT2D eigenvalue weighted by atomic mass is 10.2. The van der Waals surface area contributed by atoms with Crippen LogP contribution in [0.25, 0.3) is 0 Å². The molecule has 0 aliphatic carbocycles. The fourth-order valence-electron chi connectivity index (χ4n) is 2.61. The van der Waals surface area contributed by atoms with Crippen LogP contribution in [0.3, 0.4) is 0 Å². The van der Waals surface area contributed by atoms with Gasteiger partial charge < -0.3 is 20.7 Å². The number of morpholine rings is 1. The smallest absolute Gasteiger partial charge is 0.321 e. The van der Waals surface area contributed by atoms with Gasteiger partial charge >= 0.3 is 6.03 Å². The minimum atomic E-state index is -0.0845. The van der Waals surface area contributed by atoms with Crippen LogP contribution in [0.1, 0.15) is 6.42 Å². The van der Waals surface area contributed by atoms with Crippen molar-refractivity contribution in [2.75, 3.05) is 43.0 Å². The minimum absolute atomic E-state index is 0. The summed E-state index contributed by atoms with van der Waals surface area (Å²) in [5.74, 6) is -0.0691. The van der Waals surface area contributed by atoms with E-state index in [1.807, 2.05) is 12.1 Å². The number of halogens is 1. The molecule has 8 heteroatoms. The Balaban J connectivity index is 0.00000192. The zero-order chi connectivity index (χ0) is 15.4. The first-order chi connectivity index (χ1) is 10.7. The van der Waals surface area contributed by atoms with Crippen molar-refractivity contribution in [1.82, 2.24) is 10.6 Å². The van der Waals surface area contributed by atoms with Gasteiger partial charge in [-0.05, 0) is 24.3 Å². The fraction of sp³-hybridized carbons (Fsp3) is 0.467. The highest BCUT2D eigenvalue weighted by Gasteiger charge is 2.21. The Labute approximate surface area is 141 Å². The number of ether oxygens (including phenoxy) is 1. The molecule has 3 N–H and O–H groups in total. The highest BCUT2D eigenvalue weighted by atomic mass is 35.5. The highest BCUT2D eigenvalue weighted by Crippen LogP contribution is 2.19. The van der Waals surface area contributed by atoms with Crippen LogP contribution in [0, 0.1) is 0 Å². The summed E-state index contributed by atoms with van der Waals surface area (Å²) < 4.78 is 5.51. The molecule has 1 aromatic rings. The molecule has 2 aliphatic heterocycles. The van der Waals surface area contributed by atoms with E-state index in [-0.39, 0.29) is 30.4 Å². The minimum Gasteiger partial charge on any atom is -0.375 e. The third-order valence-electron chi connectivity index (χ3n) is 3.74. The molecule has 0 saturated carbocycles. The van der Waals surface area contributed by atoms with Crippen LogP contribution in [-0.2, 0) is 9.53 Å². The molecule has 2 saturated heterocycles. The summed E-state index contributed by atoms with van der Waals surface area (Å²) in [5.41, 5.74) is 1.55. The summed E-state index contributed by atoms with van der Waals surface area (Å²) in [7, 11) is 0. The molecule has 3 rings (SSSR count). The number of nitrogens with one attached hydrogen (secondary N) is 3. The van der Waals surface area contributed by atoms with Crippen molar-refractivity contribution in [3.63, 3.8) is 0 Å². The van der Waals surface area contributed by atoms with Gasteiger partial charge in [0.25, 0.3) is 0 Å². The molecular weight excluding hydrogens is 320 g/mol. The number of carbonyl (C=O) groups excluding carboxylic acids is 2. The maximum absolute atomic E-state index is 12.0. The van der Waals surface area contributed by atoms with E-state index in [1.54, 1.807) is 17.0 Å². The molecule has 0 spiro atoms. The van der Waals surface area contributed by atoms with Gasteiger partial charge in [0, 0.05) is 37.6 Å². The summed E-state index contributed by atoms with van der Waals surface area (Å²) in [6, 6.07) is 7.19. The number of urea groups is 1. The first-order valence-electron chi connectivity index (χ1n) is 7.50. The van der Waals surface area contributed by atoms with Crippen LogP contribution in [0.4, 0.5) is 16.2 Å². The Morgan fingerprint density at radius 3 is 2.70 bits per heavy atom. The van der Waals surface area contributed by atoms with E-state index in [1.165, 1.54) is 0 Å². The van der Waals surface area contributed by atoms with Gasteiger partial charge in [0.2, 0.25) is 5.91 Å². The van der Waals surface area contributed by atoms with Gasteiger partial charge in [-0.3, -0.25) is 9.69 Å². The number of anilines is 2. The van der Waals surface area contributed by atoms with Crippen LogP contribution in [-0.4, -0.2) is 50.8 Å². The lowest BCUT2D eigenvalue weighted by Crippen LogP contribution is -2.40. The zero-order valence-corrected chi connectivity index (χ0v) is 13.5. The number of benzene rings is 1. The zero-order valence-electron chi connectivity index (χ0n) is 12.7. The molecule has 2 heterocycles. The molecule has 2 fully saturated rings. The number of carbonyl (C=O) groups is 2. The van der Waals surface area contributed by atoms with Crippen molar-refractivity contribution < 1.29 is 14.3 Å². The largest absolute Gasteiger partial charge is 0.375 e. The van der Waals surface area contributed by atoms with Crippen LogP contribution in [0.5, 0.6) is 0 Å². The predicted molar refractivity (Wildman–Crippen MR) is 90.3 cm³/mol. The molecule has 0 radical (unpaired) electrons. The van der Waals surface area contributed by atoms with Gasteiger partial charge in [-0.25, -0.2) is 4.79 Å². The first-order valence-corrected chi connectivity index (χ1v) is 7.50. The lowest BCUT2D eigenvalue weighted by Gasteiger charge is -2.23. The van der Waals surface area contributed by atoms with Crippen molar-refractivity contribution in [3.05, 3.63) is 24.3 Å². The summed E-state index contributed by atoms with van der Waals surface area (Å²) in [5, 5.41) is 8.81. The monoisotopic (exact) mass is 340 g/mol. The number of hydrogen-bond acceptors (Lipinski definition) is 4. The Morgan fingerprint density at radius 1 is 1.30 bits per heavy atom. The molecule has 1 aromatic carbocycles. The quantitative estimate of drug-likeness (QED) is 0.762. The van der Waals surface area contributed by atoms with E-state index in [0.29, 0.717) is 32.7 Å². The Kier molecular flexibility index (Phi) is 6.20. The topological polar surface area (TPSA) is 82.7 Å². The SMILES string of the molecule is Cl.O=C(CC1CNCCO1)Nc1ccc(N2CCNC2=O)cc1. The van der Waals surface area contributed by atoms with Crippen molar-refractivity contribution >= 4 is 35.7 Å². The van der Waals surface area contributed by atoms with Crippen LogP contribution in [0.15, 0.2) is 24.3 Å². The van der Waals surface area contributed by atoms with Crippen molar-refractivity contribution in [1.29, 1.82) is 0 Å². The summed E-state index contributed by atoms with van der Waals surface area (Å²) >= 11 is 0. The Morgan fingerprint density at radius 2 is 2.09 bits per heavy atom. The normalized spacial score (nSPS) is 20.6. The number of amides is 3. The third-order valence-corrected chi connectivity index (χ3v) is 3.74. The highest BCUT2D eigenvalue weighted by molar-refractivity contribution is 5.95. The second-order valence-corrected chi connectivity index (χ2v) is 5.38. The van der Waals surface area contributed by atoms with Crippen molar-refractivity contribution in [3.8, 4) is 0 Å². The van der Waals surface area contributed by atoms with E-state index in [2.05, 4.69) is 16.0 Å². The average Bonchev–Trinajstić information content (AvgIpc) is 2.95. The van der Waals surface area contributed by atoms with Crippen molar-refractivity contribution in [2.45, 2.75) is 12.5 Å². The number of hydrogen-bond donors (Lipinski definition) is 3. The Bertz CT molecular complexity index is 546. The van der Waals surface area contributed by atoms with E-state index in [9.17, 15) is 9.59 Å². The molecule has 1 atom stereocenters. The Hall–Kier alpha value is -1.83. The first kappa shape index (κ1) is 17.5. The molecule has 7 nitrogen and oxygen atoms in total. The maximum atomic E-state index is 12.0. The van der Waals surface area contributed by atoms with E-state index in [0.717, 1.165) is 17.9 Å². The molecular formula is C15H21ClN4O3. The third kappa shape index (κ3) is 4.57. The molecule has 0 aromatic heterocycles. The van der Waals surface area contributed by atoms with Gasteiger partial charge in [-0.15, -0.1) is 12.4 Å². The summed E-state index contributed by atoms with van der Waals surface area (Å²) in [4.78, 5) is 25.2. The van der Waals surface area contributed by atoms with Crippen LogP contribution >= 0.6 is 12.4 Å². The van der Waals surface area contributed by atoms with E-state index in [4.69, 9.17) is 4.74 Å². The van der Waals surface area contributed by atoms with Crippen LogP contribution in [0.2, 0.25) is 0 Å². The van der Waals surface area contributed by atoms with E-state index >= 15 is 0 Å². The number of nitrogens with zero attached hydrogens (tertiary/aromatic N) is 1. The van der Waals surface area contributed by atoms with Crippen LogP contribution < -0.4 is 20.9 Å².